The SMILES string of the molecule is CN1CCC2CCCCC21.COc1ccccc1O. The molecule has 1 saturated heterocycles. The van der Waals surface area contributed by atoms with Gasteiger partial charge in [0.1, 0.15) is 0 Å². The molecule has 0 radical (unpaired) electrons. The lowest BCUT2D eigenvalue weighted by Gasteiger charge is -2.28. The van der Waals surface area contributed by atoms with Crippen molar-refractivity contribution in [3.05, 3.63) is 24.3 Å². The molecule has 2 aliphatic rings. The van der Waals surface area contributed by atoms with Crippen molar-refractivity contribution in [2.45, 2.75) is 38.1 Å². The maximum atomic E-state index is 8.99. The fourth-order valence-corrected chi connectivity index (χ4v) is 3.27. The van der Waals surface area contributed by atoms with Gasteiger partial charge in [-0.25, -0.2) is 0 Å². The minimum Gasteiger partial charge on any atom is -0.504 e. The Kier molecular flexibility index (Phi) is 5.08. The van der Waals surface area contributed by atoms with Crippen LogP contribution in [0.4, 0.5) is 0 Å². The van der Waals surface area contributed by atoms with Gasteiger partial charge in [0.05, 0.1) is 7.11 Å². The Hall–Kier alpha value is -1.22. The van der Waals surface area contributed by atoms with Crippen molar-refractivity contribution in [1.29, 1.82) is 0 Å². The maximum Gasteiger partial charge on any atom is 0.160 e. The van der Waals surface area contributed by atoms with Crippen LogP contribution >= 0.6 is 0 Å². The summed E-state index contributed by atoms with van der Waals surface area (Å²) in [5.74, 6) is 1.76. The average molecular weight is 263 g/mol. The molecule has 2 unspecified atom stereocenters. The van der Waals surface area contributed by atoms with Crippen LogP contribution in [0.25, 0.3) is 0 Å². The molecule has 0 spiro atoms. The summed E-state index contributed by atoms with van der Waals surface area (Å²) in [5.41, 5.74) is 0. The van der Waals surface area contributed by atoms with Crippen LogP contribution in [0.1, 0.15) is 32.1 Å². The van der Waals surface area contributed by atoms with E-state index in [0.29, 0.717) is 5.75 Å². The molecule has 1 heterocycles. The van der Waals surface area contributed by atoms with Gasteiger partial charge in [-0.2, -0.15) is 0 Å². The van der Waals surface area contributed by atoms with Crippen LogP contribution in [0.15, 0.2) is 24.3 Å². The van der Waals surface area contributed by atoms with E-state index in [-0.39, 0.29) is 5.75 Å². The van der Waals surface area contributed by atoms with Crippen LogP contribution in [0, 0.1) is 5.92 Å². The molecular formula is C16H25NO2. The van der Waals surface area contributed by atoms with Crippen molar-refractivity contribution in [1.82, 2.24) is 4.90 Å². The minimum atomic E-state index is 0.181. The Morgan fingerprint density at radius 1 is 1.16 bits per heavy atom. The predicted molar refractivity (Wildman–Crippen MR) is 77.7 cm³/mol. The van der Waals surface area contributed by atoms with Gasteiger partial charge in [-0.05, 0) is 50.9 Å². The normalized spacial score (nSPS) is 26.2. The zero-order chi connectivity index (χ0) is 13.7. The Morgan fingerprint density at radius 2 is 1.89 bits per heavy atom. The summed E-state index contributed by atoms with van der Waals surface area (Å²) < 4.78 is 4.79. The molecule has 3 nitrogen and oxygen atoms in total. The molecular weight excluding hydrogens is 238 g/mol. The van der Waals surface area contributed by atoms with Gasteiger partial charge in [0.25, 0.3) is 0 Å². The number of fused-ring (bicyclic) bond motifs is 1. The van der Waals surface area contributed by atoms with E-state index in [4.69, 9.17) is 9.84 Å². The van der Waals surface area contributed by atoms with Gasteiger partial charge in [0.2, 0.25) is 0 Å². The highest BCUT2D eigenvalue weighted by Gasteiger charge is 2.32. The highest BCUT2D eigenvalue weighted by Crippen LogP contribution is 2.34. The zero-order valence-electron chi connectivity index (χ0n) is 12.0. The van der Waals surface area contributed by atoms with Crippen LogP contribution in [0.5, 0.6) is 11.5 Å². The van der Waals surface area contributed by atoms with Crippen LogP contribution in [-0.4, -0.2) is 36.8 Å². The molecule has 0 amide bonds. The molecule has 19 heavy (non-hydrogen) atoms. The second kappa shape index (κ2) is 6.80. The molecule has 1 N–H and O–H groups in total. The number of methoxy groups -OCH3 is 1. The van der Waals surface area contributed by atoms with E-state index in [0.717, 1.165) is 12.0 Å². The van der Waals surface area contributed by atoms with Gasteiger partial charge in [0, 0.05) is 6.04 Å². The van der Waals surface area contributed by atoms with E-state index in [2.05, 4.69) is 11.9 Å². The quantitative estimate of drug-likeness (QED) is 0.844. The molecule has 1 saturated carbocycles. The van der Waals surface area contributed by atoms with E-state index in [1.807, 2.05) is 0 Å². The summed E-state index contributed by atoms with van der Waals surface area (Å²) in [6.07, 6.45) is 7.43. The van der Waals surface area contributed by atoms with Gasteiger partial charge in [-0.15, -0.1) is 0 Å². The second-order valence-electron chi connectivity index (χ2n) is 5.55. The van der Waals surface area contributed by atoms with E-state index in [1.54, 1.807) is 24.3 Å². The standard InChI is InChI=1S/C9H17N.C7H8O2/c1-10-7-6-8-4-2-3-5-9(8)10;1-9-7-5-3-2-4-6(7)8/h8-9H,2-7H2,1H3;2-5,8H,1H3. The van der Waals surface area contributed by atoms with E-state index >= 15 is 0 Å². The smallest absolute Gasteiger partial charge is 0.160 e. The number of benzene rings is 1. The lowest BCUT2D eigenvalue weighted by atomic mass is 9.85. The number of nitrogens with zero attached hydrogens (tertiary/aromatic N) is 1. The molecule has 2 fully saturated rings. The van der Waals surface area contributed by atoms with Gasteiger partial charge in [-0.1, -0.05) is 25.0 Å². The number of likely N-dealkylation sites (tertiary alicyclic amines) is 1. The van der Waals surface area contributed by atoms with Crippen molar-refractivity contribution in [2.75, 3.05) is 20.7 Å². The average Bonchev–Trinajstić information content (AvgIpc) is 2.82. The van der Waals surface area contributed by atoms with Gasteiger partial charge < -0.3 is 14.7 Å². The summed E-state index contributed by atoms with van der Waals surface area (Å²) in [4.78, 5) is 2.56. The van der Waals surface area contributed by atoms with E-state index < -0.39 is 0 Å². The summed E-state index contributed by atoms with van der Waals surface area (Å²) >= 11 is 0. The van der Waals surface area contributed by atoms with Gasteiger partial charge in [0.15, 0.2) is 11.5 Å². The number of phenolic OH excluding ortho intramolecular Hbond substituents is 1. The monoisotopic (exact) mass is 263 g/mol. The molecule has 0 aromatic heterocycles. The zero-order valence-corrected chi connectivity index (χ0v) is 12.0. The van der Waals surface area contributed by atoms with Crippen LogP contribution in [0.2, 0.25) is 0 Å². The second-order valence-corrected chi connectivity index (χ2v) is 5.55. The number of para-hydroxylation sites is 2. The van der Waals surface area contributed by atoms with Gasteiger partial charge >= 0.3 is 0 Å². The topological polar surface area (TPSA) is 32.7 Å². The highest BCUT2D eigenvalue weighted by molar-refractivity contribution is 5.37. The van der Waals surface area contributed by atoms with Crippen LogP contribution < -0.4 is 4.74 Å². The lowest BCUT2D eigenvalue weighted by Crippen LogP contribution is -2.31. The first kappa shape index (κ1) is 14.2. The highest BCUT2D eigenvalue weighted by atomic mass is 16.5. The fraction of sp³-hybridized carbons (Fsp3) is 0.625. The number of rotatable bonds is 1. The number of hydrogen-bond donors (Lipinski definition) is 1. The van der Waals surface area contributed by atoms with Crippen molar-refractivity contribution < 1.29 is 9.84 Å². The summed E-state index contributed by atoms with van der Waals surface area (Å²) in [7, 11) is 3.81. The molecule has 1 aliphatic heterocycles. The Labute approximate surface area is 116 Å². The van der Waals surface area contributed by atoms with Gasteiger partial charge in [-0.3, -0.25) is 0 Å². The Balaban J connectivity index is 0.000000141. The summed E-state index contributed by atoms with van der Waals surface area (Å²) in [5, 5.41) is 8.99. The lowest BCUT2D eigenvalue weighted by molar-refractivity contribution is 0.215. The number of ether oxygens (including phenoxy) is 1. The third-order valence-corrected chi connectivity index (χ3v) is 4.37. The van der Waals surface area contributed by atoms with E-state index in [9.17, 15) is 0 Å². The first-order chi connectivity index (χ1) is 9.22. The molecule has 1 aromatic rings. The minimum absolute atomic E-state index is 0.181. The number of phenols is 1. The molecule has 0 bridgehead atoms. The Morgan fingerprint density at radius 3 is 2.53 bits per heavy atom. The van der Waals surface area contributed by atoms with Crippen molar-refractivity contribution >= 4 is 0 Å². The first-order valence-corrected chi connectivity index (χ1v) is 7.24. The van der Waals surface area contributed by atoms with Crippen molar-refractivity contribution in [3.8, 4) is 11.5 Å². The van der Waals surface area contributed by atoms with Crippen molar-refractivity contribution in [3.63, 3.8) is 0 Å². The van der Waals surface area contributed by atoms with E-state index in [1.165, 1.54) is 45.8 Å². The summed E-state index contributed by atoms with van der Waals surface area (Å²) in [6.45, 7) is 1.36. The fourth-order valence-electron chi connectivity index (χ4n) is 3.27. The molecule has 2 atom stereocenters. The number of hydrogen-bond acceptors (Lipinski definition) is 3. The largest absolute Gasteiger partial charge is 0.504 e. The van der Waals surface area contributed by atoms with Crippen LogP contribution in [-0.2, 0) is 0 Å². The number of aromatic hydroxyl groups is 1. The first-order valence-electron chi connectivity index (χ1n) is 7.24. The predicted octanol–water partition coefficient (Wildman–Crippen LogP) is 3.28. The Bertz CT molecular complexity index is 392. The van der Waals surface area contributed by atoms with Crippen molar-refractivity contribution in [2.24, 2.45) is 5.92 Å². The molecule has 3 rings (SSSR count). The summed E-state index contributed by atoms with van der Waals surface area (Å²) in [6, 6.07) is 7.80. The third-order valence-electron chi connectivity index (χ3n) is 4.37. The maximum absolute atomic E-state index is 8.99. The third kappa shape index (κ3) is 3.63. The molecule has 1 aromatic carbocycles. The van der Waals surface area contributed by atoms with Crippen LogP contribution in [0.3, 0.4) is 0 Å². The molecule has 106 valence electrons. The molecule has 3 heteroatoms. The molecule has 1 aliphatic carbocycles.